The molecule has 0 amide bonds. The topological polar surface area (TPSA) is 21.7 Å². The van der Waals surface area contributed by atoms with Gasteiger partial charge in [0.25, 0.3) is 0 Å². The van der Waals surface area contributed by atoms with Gasteiger partial charge in [0.05, 0.1) is 0 Å². The fourth-order valence-electron chi connectivity index (χ4n) is 3.83. The molecule has 0 aliphatic carbocycles. The number of ether oxygens (including phenoxy) is 2. The Morgan fingerprint density at radius 1 is 1.00 bits per heavy atom. The lowest BCUT2D eigenvalue weighted by Gasteiger charge is -2.33. The van der Waals surface area contributed by atoms with E-state index in [1.54, 1.807) is 0 Å². The summed E-state index contributed by atoms with van der Waals surface area (Å²) in [7, 11) is 4.13. The standard InChI is InChI=1S/C23H25NO2/c1-4-25-22-15-20(17-9-12-18(13-10-17)24(2)3)23-19-8-6-5-7-16(19)11-14-21(23)26-22/h5-14,20,22H,4,15H2,1-3H3/t20-,22+/m0/s1. The lowest BCUT2D eigenvalue weighted by atomic mass is 9.83. The zero-order valence-electron chi connectivity index (χ0n) is 15.6. The molecular formula is C23H25NO2. The predicted octanol–water partition coefficient (Wildman–Crippen LogP) is 5.18. The summed E-state index contributed by atoms with van der Waals surface area (Å²) in [6.07, 6.45) is 0.628. The van der Waals surface area contributed by atoms with Crippen LogP contribution in [-0.4, -0.2) is 27.0 Å². The first-order valence-electron chi connectivity index (χ1n) is 9.24. The van der Waals surface area contributed by atoms with E-state index in [2.05, 4.69) is 79.7 Å². The monoisotopic (exact) mass is 347 g/mol. The van der Waals surface area contributed by atoms with E-state index in [0.717, 1.165) is 12.2 Å². The normalized spacial score (nSPS) is 19.0. The smallest absolute Gasteiger partial charge is 0.200 e. The summed E-state index contributed by atoms with van der Waals surface area (Å²) >= 11 is 0. The first kappa shape index (κ1) is 16.9. The fraction of sp³-hybridized carbons (Fsp3) is 0.304. The molecule has 3 aromatic carbocycles. The van der Waals surface area contributed by atoms with Crippen LogP contribution in [0.25, 0.3) is 10.8 Å². The molecule has 3 nitrogen and oxygen atoms in total. The van der Waals surface area contributed by atoms with Crippen molar-refractivity contribution in [3.63, 3.8) is 0 Å². The van der Waals surface area contributed by atoms with Crippen LogP contribution in [0.3, 0.4) is 0 Å². The number of hydrogen-bond donors (Lipinski definition) is 0. The molecule has 3 heteroatoms. The highest BCUT2D eigenvalue weighted by molar-refractivity contribution is 5.89. The molecule has 0 N–H and O–H groups in total. The molecule has 0 spiro atoms. The summed E-state index contributed by atoms with van der Waals surface area (Å²) < 4.78 is 12.0. The number of hydrogen-bond acceptors (Lipinski definition) is 3. The van der Waals surface area contributed by atoms with E-state index >= 15 is 0 Å². The molecule has 0 saturated heterocycles. The number of nitrogens with zero attached hydrogens (tertiary/aromatic N) is 1. The van der Waals surface area contributed by atoms with Crippen molar-refractivity contribution >= 4 is 16.5 Å². The molecule has 0 bridgehead atoms. The van der Waals surface area contributed by atoms with Crippen LogP contribution in [0, 0.1) is 0 Å². The summed E-state index contributed by atoms with van der Waals surface area (Å²) in [5, 5.41) is 2.52. The third kappa shape index (κ3) is 3.04. The van der Waals surface area contributed by atoms with E-state index in [1.807, 2.05) is 6.92 Å². The molecule has 0 unspecified atom stereocenters. The minimum atomic E-state index is -0.202. The van der Waals surface area contributed by atoms with Crippen LogP contribution >= 0.6 is 0 Å². The van der Waals surface area contributed by atoms with E-state index in [-0.39, 0.29) is 12.2 Å². The summed E-state index contributed by atoms with van der Waals surface area (Å²) in [5.74, 6) is 1.20. The molecule has 0 fully saturated rings. The zero-order valence-corrected chi connectivity index (χ0v) is 15.6. The van der Waals surface area contributed by atoms with Crippen LogP contribution in [0.2, 0.25) is 0 Å². The van der Waals surface area contributed by atoms with Gasteiger partial charge >= 0.3 is 0 Å². The van der Waals surface area contributed by atoms with Crippen molar-refractivity contribution in [2.75, 3.05) is 25.6 Å². The predicted molar refractivity (Wildman–Crippen MR) is 107 cm³/mol. The number of benzene rings is 3. The Hall–Kier alpha value is -2.52. The van der Waals surface area contributed by atoms with Gasteiger partial charge in [-0.1, -0.05) is 42.5 Å². The Balaban J connectivity index is 1.84. The van der Waals surface area contributed by atoms with Gasteiger partial charge in [0.1, 0.15) is 5.75 Å². The summed E-state index contributed by atoms with van der Waals surface area (Å²) in [6, 6.07) is 21.6. The van der Waals surface area contributed by atoms with E-state index in [9.17, 15) is 0 Å². The first-order valence-corrected chi connectivity index (χ1v) is 9.24. The van der Waals surface area contributed by atoms with Crippen molar-refractivity contribution in [3.8, 4) is 5.75 Å². The van der Waals surface area contributed by atoms with E-state index in [4.69, 9.17) is 9.47 Å². The van der Waals surface area contributed by atoms with Gasteiger partial charge in [0, 0.05) is 44.3 Å². The number of rotatable bonds is 4. The first-order chi connectivity index (χ1) is 12.7. The van der Waals surface area contributed by atoms with Gasteiger partial charge < -0.3 is 14.4 Å². The molecular weight excluding hydrogens is 322 g/mol. The Bertz CT molecular complexity index is 902. The van der Waals surface area contributed by atoms with Crippen LogP contribution in [0.5, 0.6) is 5.75 Å². The van der Waals surface area contributed by atoms with Crippen LogP contribution in [-0.2, 0) is 4.74 Å². The average Bonchev–Trinajstić information content (AvgIpc) is 2.67. The lowest BCUT2D eigenvalue weighted by molar-refractivity contribution is -0.0891. The van der Waals surface area contributed by atoms with Crippen molar-refractivity contribution in [1.29, 1.82) is 0 Å². The second-order valence-electron chi connectivity index (χ2n) is 6.98. The molecule has 26 heavy (non-hydrogen) atoms. The Kier molecular flexibility index (Phi) is 4.56. The minimum Gasteiger partial charge on any atom is -0.465 e. The second-order valence-corrected chi connectivity index (χ2v) is 6.98. The van der Waals surface area contributed by atoms with Crippen molar-refractivity contribution in [2.24, 2.45) is 0 Å². The number of fused-ring (bicyclic) bond motifs is 3. The molecule has 3 aromatic rings. The third-order valence-electron chi connectivity index (χ3n) is 5.13. The average molecular weight is 347 g/mol. The summed E-state index contributed by atoms with van der Waals surface area (Å²) in [4.78, 5) is 2.13. The maximum atomic E-state index is 6.16. The molecule has 134 valence electrons. The van der Waals surface area contributed by atoms with Crippen molar-refractivity contribution in [2.45, 2.75) is 25.6 Å². The largest absolute Gasteiger partial charge is 0.465 e. The van der Waals surface area contributed by atoms with Gasteiger partial charge in [0.2, 0.25) is 6.29 Å². The van der Waals surface area contributed by atoms with Gasteiger partial charge in [-0.15, -0.1) is 0 Å². The van der Waals surface area contributed by atoms with Crippen molar-refractivity contribution in [3.05, 3.63) is 71.8 Å². The van der Waals surface area contributed by atoms with Crippen LogP contribution in [0.4, 0.5) is 5.69 Å². The van der Waals surface area contributed by atoms with Crippen molar-refractivity contribution in [1.82, 2.24) is 0 Å². The Morgan fingerprint density at radius 3 is 2.50 bits per heavy atom. The van der Waals surface area contributed by atoms with Crippen molar-refractivity contribution < 1.29 is 9.47 Å². The molecule has 1 aliphatic rings. The fourth-order valence-corrected chi connectivity index (χ4v) is 3.83. The van der Waals surface area contributed by atoms with E-state index in [1.165, 1.54) is 27.6 Å². The molecule has 1 aliphatic heterocycles. The maximum Gasteiger partial charge on any atom is 0.200 e. The van der Waals surface area contributed by atoms with Gasteiger partial charge in [-0.05, 0) is 41.5 Å². The molecule has 2 atom stereocenters. The molecule has 1 heterocycles. The molecule has 0 radical (unpaired) electrons. The van der Waals surface area contributed by atoms with Gasteiger partial charge in [0.15, 0.2) is 0 Å². The minimum absolute atomic E-state index is 0.202. The SMILES string of the molecule is CCO[C@H]1C[C@@H](c2ccc(N(C)C)cc2)c2c(ccc3ccccc23)O1. The van der Waals surface area contributed by atoms with E-state index < -0.39 is 0 Å². The quantitative estimate of drug-likeness (QED) is 0.649. The highest BCUT2D eigenvalue weighted by Crippen LogP contribution is 2.44. The van der Waals surface area contributed by atoms with Gasteiger partial charge in [-0.25, -0.2) is 0 Å². The molecule has 4 rings (SSSR count). The maximum absolute atomic E-state index is 6.16. The third-order valence-corrected chi connectivity index (χ3v) is 5.13. The Labute approximate surface area is 155 Å². The zero-order chi connectivity index (χ0) is 18.1. The lowest BCUT2D eigenvalue weighted by Crippen LogP contribution is -2.29. The highest BCUT2D eigenvalue weighted by Gasteiger charge is 2.31. The van der Waals surface area contributed by atoms with Crippen LogP contribution in [0.15, 0.2) is 60.7 Å². The Morgan fingerprint density at radius 2 is 1.77 bits per heavy atom. The van der Waals surface area contributed by atoms with Gasteiger partial charge in [-0.3, -0.25) is 0 Å². The van der Waals surface area contributed by atoms with E-state index in [0.29, 0.717) is 6.61 Å². The number of anilines is 1. The van der Waals surface area contributed by atoms with Crippen LogP contribution < -0.4 is 9.64 Å². The summed E-state index contributed by atoms with van der Waals surface area (Å²) in [5.41, 5.74) is 3.79. The van der Waals surface area contributed by atoms with Crippen LogP contribution in [0.1, 0.15) is 30.4 Å². The van der Waals surface area contributed by atoms with Gasteiger partial charge in [-0.2, -0.15) is 0 Å². The highest BCUT2D eigenvalue weighted by atomic mass is 16.7. The molecule has 0 aromatic heterocycles. The molecule has 0 saturated carbocycles. The second kappa shape index (κ2) is 7.00. The summed E-state index contributed by atoms with van der Waals surface area (Å²) in [6.45, 7) is 2.67.